The van der Waals surface area contributed by atoms with Gasteiger partial charge in [-0.25, -0.2) is 4.79 Å². The second kappa shape index (κ2) is 5.51. The molecule has 0 spiro atoms. The highest BCUT2D eigenvalue weighted by molar-refractivity contribution is 6.30. The van der Waals surface area contributed by atoms with E-state index in [0.29, 0.717) is 17.3 Å². The van der Waals surface area contributed by atoms with Gasteiger partial charge in [0.15, 0.2) is 0 Å². The SMILES string of the molecule is O=C(O)c1ccnc(CNc2cccc(Cl)c2)c1. The number of nitrogens with one attached hydrogen (secondary N) is 1. The zero-order chi connectivity index (χ0) is 13.0. The maximum atomic E-state index is 10.8. The van der Waals surface area contributed by atoms with E-state index in [1.54, 1.807) is 18.2 Å². The van der Waals surface area contributed by atoms with Gasteiger partial charge in [0, 0.05) is 16.9 Å². The third kappa shape index (κ3) is 3.21. The second-order valence-corrected chi connectivity index (χ2v) is 4.14. The number of anilines is 1. The molecule has 0 aliphatic carbocycles. The summed E-state index contributed by atoms with van der Waals surface area (Å²) in [5, 5.41) is 12.6. The Morgan fingerprint density at radius 3 is 2.89 bits per heavy atom. The van der Waals surface area contributed by atoms with Crippen LogP contribution in [0.5, 0.6) is 0 Å². The molecule has 1 aromatic carbocycles. The number of pyridine rings is 1. The van der Waals surface area contributed by atoms with Gasteiger partial charge in [-0.05, 0) is 30.3 Å². The lowest BCUT2D eigenvalue weighted by Crippen LogP contribution is -2.04. The molecule has 0 saturated heterocycles. The van der Waals surface area contributed by atoms with Crippen LogP contribution in [-0.4, -0.2) is 16.1 Å². The Morgan fingerprint density at radius 1 is 1.33 bits per heavy atom. The van der Waals surface area contributed by atoms with E-state index in [-0.39, 0.29) is 5.56 Å². The van der Waals surface area contributed by atoms with Crippen LogP contribution in [0.15, 0.2) is 42.6 Å². The second-order valence-electron chi connectivity index (χ2n) is 3.70. The van der Waals surface area contributed by atoms with Crippen LogP contribution in [0.1, 0.15) is 16.1 Å². The molecule has 0 bridgehead atoms. The van der Waals surface area contributed by atoms with Crippen LogP contribution in [0.4, 0.5) is 5.69 Å². The Kier molecular flexibility index (Phi) is 3.79. The van der Waals surface area contributed by atoms with Crippen molar-refractivity contribution in [2.24, 2.45) is 0 Å². The average molecular weight is 263 g/mol. The fraction of sp³-hybridized carbons (Fsp3) is 0.0769. The zero-order valence-corrected chi connectivity index (χ0v) is 10.2. The molecule has 5 heteroatoms. The molecule has 18 heavy (non-hydrogen) atoms. The lowest BCUT2D eigenvalue weighted by Gasteiger charge is -2.06. The van der Waals surface area contributed by atoms with Crippen LogP contribution >= 0.6 is 11.6 Å². The number of rotatable bonds is 4. The predicted octanol–water partition coefficient (Wildman–Crippen LogP) is 3.05. The molecule has 0 amide bonds. The summed E-state index contributed by atoms with van der Waals surface area (Å²) in [5.41, 5.74) is 1.76. The number of hydrogen-bond donors (Lipinski definition) is 2. The first-order valence-electron chi connectivity index (χ1n) is 5.33. The summed E-state index contributed by atoms with van der Waals surface area (Å²) in [4.78, 5) is 14.9. The van der Waals surface area contributed by atoms with Crippen molar-refractivity contribution in [2.75, 3.05) is 5.32 Å². The zero-order valence-electron chi connectivity index (χ0n) is 9.43. The van der Waals surface area contributed by atoms with E-state index in [1.165, 1.54) is 12.3 Å². The summed E-state index contributed by atoms with van der Waals surface area (Å²) in [7, 11) is 0. The standard InChI is InChI=1S/C13H11ClN2O2/c14-10-2-1-3-11(7-10)16-8-12-6-9(13(17)18)4-5-15-12/h1-7,16H,8H2,(H,17,18). The highest BCUT2D eigenvalue weighted by atomic mass is 35.5. The van der Waals surface area contributed by atoms with Crippen LogP contribution in [0.3, 0.4) is 0 Å². The molecule has 1 aromatic heterocycles. The average Bonchev–Trinajstić information content (AvgIpc) is 2.37. The number of carboxylic acid groups (broad SMARTS) is 1. The van der Waals surface area contributed by atoms with Crippen LogP contribution in [0, 0.1) is 0 Å². The van der Waals surface area contributed by atoms with Crippen molar-refractivity contribution in [3.63, 3.8) is 0 Å². The van der Waals surface area contributed by atoms with Crippen LogP contribution in [0.2, 0.25) is 5.02 Å². The number of carboxylic acids is 1. The molecular formula is C13H11ClN2O2. The summed E-state index contributed by atoms with van der Waals surface area (Å²) in [6, 6.07) is 10.3. The van der Waals surface area contributed by atoms with Gasteiger partial charge in [-0.15, -0.1) is 0 Å². The van der Waals surface area contributed by atoms with Gasteiger partial charge in [-0.3, -0.25) is 4.98 Å². The minimum atomic E-state index is -0.957. The Morgan fingerprint density at radius 2 is 2.17 bits per heavy atom. The van der Waals surface area contributed by atoms with E-state index >= 15 is 0 Å². The number of hydrogen-bond acceptors (Lipinski definition) is 3. The Balaban J connectivity index is 2.06. The van der Waals surface area contributed by atoms with E-state index in [9.17, 15) is 4.79 Å². The van der Waals surface area contributed by atoms with Crippen LogP contribution < -0.4 is 5.32 Å². The fourth-order valence-electron chi connectivity index (χ4n) is 1.50. The number of carbonyl (C=O) groups is 1. The Hall–Kier alpha value is -2.07. The summed E-state index contributed by atoms with van der Waals surface area (Å²) in [6.45, 7) is 0.446. The van der Waals surface area contributed by atoms with Crippen molar-refractivity contribution in [1.29, 1.82) is 0 Å². The monoisotopic (exact) mass is 262 g/mol. The molecular weight excluding hydrogens is 252 g/mol. The van der Waals surface area contributed by atoms with Crippen LogP contribution in [-0.2, 0) is 6.54 Å². The van der Waals surface area contributed by atoms with Crippen molar-refractivity contribution in [3.05, 3.63) is 58.9 Å². The number of aromatic nitrogens is 1. The molecule has 0 radical (unpaired) electrons. The summed E-state index contributed by atoms with van der Waals surface area (Å²) < 4.78 is 0. The smallest absolute Gasteiger partial charge is 0.335 e. The molecule has 0 unspecified atom stereocenters. The van der Waals surface area contributed by atoms with Gasteiger partial charge in [0.2, 0.25) is 0 Å². The Bertz CT molecular complexity index is 572. The lowest BCUT2D eigenvalue weighted by atomic mass is 10.2. The maximum absolute atomic E-state index is 10.8. The van der Waals surface area contributed by atoms with E-state index in [2.05, 4.69) is 10.3 Å². The summed E-state index contributed by atoms with van der Waals surface area (Å²) >= 11 is 5.86. The first kappa shape index (κ1) is 12.4. The molecule has 4 nitrogen and oxygen atoms in total. The number of aromatic carboxylic acids is 1. The number of nitrogens with zero attached hydrogens (tertiary/aromatic N) is 1. The molecule has 0 atom stereocenters. The lowest BCUT2D eigenvalue weighted by molar-refractivity contribution is 0.0696. The van der Waals surface area contributed by atoms with Gasteiger partial charge in [-0.2, -0.15) is 0 Å². The minimum absolute atomic E-state index is 0.230. The minimum Gasteiger partial charge on any atom is -0.478 e. The van der Waals surface area contributed by atoms with Crippen molar-refractivity contribution in [1.82, 2.24) is 4.98 Å². The molecule has 0 fully saturated rings. The first-order chi connectivity index (χ1) is 8.65. The topological polar surface area (TPSA) is 62.2 Å². The molecule has 2 rings (SSSR count). The third-order valence-electron chi connectivity index (χ3n) is 2.36. The van der Waals surface area contributed by atoms with Crippen molar-refractivity contribution in [3.8, 4) is 0 Å². The van der Waals surface area contributed by atoms with E-state index in [1.807, 2.05) is 12.1 Å². The van der Waals surface area contributed by atoms with Gasteiger partial charge in [0.05, 0.1) is 17.8 Å². The van der Waals surface area contributed by atoms with Gasteiger partial charge in [0.1, 0.15) is 0 Å². The molecule has 1 heterocycles. The highest BCUT2D eigenvalue weighted by Gasteiger charge is 2.04. The maximum Gasteiger partial charge on any atom is 0.335 e. The number of halogens is 1. The first-order valence-corrected chi connectivity index (χ1v) is 5.70. The van der Waals surface area contributed by atoms with Gasteiger partial charge >= 0.3 is 5.97 Å². The predicted molar refractivity (Wildman–Crippen MR) is 70.0 cm³/mol. The van der Waals surface area contributed by atoms with Crippen molar-refractivity contribution >= 4 is 23.3 Å². The largest absolute Gasteiger partial charge is 0.478 e. The molecule has 0 saturated carbocycles. The van der Waals surface area contributed by atoms with Gasteiger partial charge < -0.3 is 10.4 Å². The fourth-order valence-corrected chi connectivity index (χ4v) is 1.69. The Labute approximate surface area is 109 Å². The van der Waals surface area contributed by atoms with Gasteiger partial charge in [-0.1, -0.05) is 17.7 Å². The van der Waals surface area contributed by atoms with E-state index in [4.69, 9.17) is 16.7 Å². The molecule has 92 valence electrons. The quantitative estimate of drug-likeness (QED) is 0.889. The summed E-state index contributed by atoms with van der Waals surface area (Å²) in [6.07, 6.45) is 1.48. The van der Waals surface area contributed by atoms with E-state index in [0.717, 1.165) is 5.69 Å². The third-order valence-corrected chi connectivity index (χ3v) is 2.60. The van der Waals surface area contributed by atoms with Crippen molar-refractivity contribution in [2.45, 2.75) is 6.54 Å². The normalized spacial score (nSPS) is 10.1. The highest BCUT2D eigenvalue weighted by Crippen LogP contribution is 2.15. The number of benzene rings is 1. The molecule has 2 aromatic rings. The molecule has 0 aliphatic heterocycles. The summed E-state index contributed by atoms with van der Waals surface area (Å²) in [5.74, 6) is -0.957. The van der Waals surface area contributed by atoms with Gasteiger partial charge in [0.25, 0.3) is 0 Å². The molecule has 2 N–H and O–H groups in total. The van der Waals surface area contributed by atoms with E-state index < -0.39 is 5.97 Å². The molecule has 0 aliphatic rings. The van der Waals surface area contributed by atoms with Crippen LogP contribution in [0.25, 0.3) is 0 Å². The van der Waals surface area contributed by atoms with Crippen molar-refractivity contribution < 1.29 is 9.90 Å².